The number of nitrogens with one attached hydrogen (secondary N) is 2. The van der Waals surface area contributed by atoms with Gasteiger partial charge in [0.15, 0.2) is 0 Å². The van der Waals surface area contributed by atoms with Crippen molar-refractivity contribution in [1.29, 1.82) is 0 Å². The Hall–Kier alpha value is -3.03. The first-order chi connectivity index (χ1) is 16.5. The van der Waals surface area contributed by atoms with Gasteiger partial charge in [-0.1, -0.05) is 23.7 Å². The van der Waals surface area contributed by atoms with Crippen molar-refractivity contribution in [2.24, 2.45) is 0 Å². The van der Waals surface area contributed by atoms with E-state index in [1.54, 1.807) is 23.1 Å². The number of nitrogens with zero attached hydrogens (tertiary/aromatic N) is 2. The van der Waals surface area contributed by atoms with Crippen molar-refractivity contribution in [3.63, 3.8) is 0 Å². The number of phenols is 1. The second-order valence-electron chi connectivity index (χ2n) is 10.8. The molecule has 35 heavy (non-hydrogen) atoms. The van der Waals surface area contributed by atoms with Gasteiger partial charge in [0.05, 0.1) is 0 Å². The van der Waals surface area contributed by atoms with E-state index in [4.69, 9.17) is 11.6 Å². The molecular weight excluding hydrogens is 464 g/mol. The first-order valence-corrected chi connectivity index (χ1v) is 12.4. The van der Waals surface area contributed by atoms with Gasteiger partial charge in [0.25, 0.3) is 5.91 Å². The van der Waals surface area contributed by atoms with Crippen LogP contribution in [-0.2, 0) is 11.2 Å². The van der Waals surface area contributed by atoms with Gasteiger partial charge < -0.3 is 15.4 Å². The van der Waals surface area contributed by atoms with Crippen LogP contribution in [0.2, 0.25) is 5.02 Å². The molecule has 2 aliphatic rings. The summed E-state index contributed by atoms with van der Waals surface area (Å²) in [7, 11) is 0. The fourth-order valence-electron chi connectivity index (χ4n) is 5.42. The van der Waals surface area contributed by atoms with Crippen LogP contribution >= 0.6 is 11.6 Å². The number of imide groups is 1. The monoisotopic (exact) mass is 494 g/mol. The van der Waals surface area contributed by atoms with Gasteiger partial charge in [0, 0.05) is 40.1 Å². The molecule has 0 spiro atoms. The van der Waals surface area contributed by atoms with Crippen molar-refractivity contribution in [2.45, 2.75) is 57.7 Å². The smallest absolute Gasteiger partial charge is 0.328 e. The Kier molecular flexibility index (Phi) is 5.61. The molecule has 0 unspecified atom stereocenters. The molecule has 184 valence electrons. The lowest BCUT2D eigenvalue weighted by atomic mass is 9.81. The summed E-state index contributed by atoms with van der Waals surface area (Å²) in [6.45, 7) is 9.16. The molecule has 8 heteroatoms. The van der Waals surface area contributed by atoms with Crippen LogP contribution in [0.4, 0.5) is 4.79 Å². The number of halogens is 1. The SMILES string of the molecule is CC(C)(C)NCCCN1C(=O)N2[C@H](c3cccc(O)c3)c3[nH]c4ccc(Cl)cc4c3C[C@@]2(C)C1=O. The number of benzene rings is 2. The number of aromatic amines is 1. The van der Waals surface area contributed by atoms with Gasteiger partial charge >= 0.3 is 6.03 Å². The summed E-state index contributed by atoms with van der Waals surface area (Å²) in [5.41, 5.74) is 2.39. The van der Waals surface area contributed by atoms with E-state index in [0.29, 0.717) is 31.0 Å². The Balaban J connectivity index is 1.58. The number of hydrogen-bond donors (Lipinski definition) is 3. The fourth-order valence-corrected chi connectivity index (χ4v) is 5.60. The molecule has 1 fully saturated rings. The third-order valence-electron chi connectivity index (χ3n) is 7.03. The van der Waals surface area contributed by atoms with Gasteiger partial charge in [-0.3, -0.25) is 14.6 Å². The highest BCUT2D eigenvalue weighted by Gasteiger charge is 2.60. The maximum Gasteiger partial charge on any atom is 0.328 e. The molecule has 1 saturated heterocycles. The average molecular weight is 495 g/mol. The second-order valence-corrected chi connectivity index (χ2v) is 11.2. The van der Waals surface area contributed by atoms with Crippen molar-refractivity contribution in [1.82, 2.24) is 20.1 Å². The Labute approximate surface area is 210 Å². The molecule has 1 aromatic heterocycles. The molecule has 3 heterocycles. The van der Waals surface area contributed by atoms with Gasteiger partial charge in [0.1, 0.15) is 17.3 Å². The number of carbonyl (C=O) groups excluding carboxylic acids is 2. The van der Waals surface area contributed by atoms with Crippen molar-refractivity contribution < 1.29 is 14.7 Å². The van der Waals surface area contributed by atoms with Crippen LogP contribution in [0.25, 0.3) is 10.9 Å². The van der Waals surface area contributed by atoms with Crippen molar-refractivity contribution in [2.75, 3.05) is 13.1 Å². The number of fused-ring (bicyclic) bond motifs is 4. The molecular formula is C27H31ClN4O3. The van der Waals surface area contributed by atoms with Crippen molar-refractivity contribution in [3.8, 4) is 5.75 Å². The Morgan fingerprint density at radius 1 is 1.20 bits per heavy atom. The lowest BCUT2D eigenvalue weighted by molar-refractivity contribution is -0.133. The number of aromatic hydroxyl groups is 1. The normalized spacial score (nSPS) is 22.1. The number of hydrogen-bond acceptors (Lipinski definition) is 4. The largest absolute Gasteiger partial charge is 0.508 e. The van der Waals surface area contributed by atoms with E-state index >= 15 is 0 Å². The summed E-state index contributed by atoms with van der Waals surface area (Å²) in [5.74, 6) is -0.0796. The molecule has 0 radical (unpaired) electrons. The first-order valence-electron chi connectivity index (χ1n) is 12.0. The summed E-state index contributed by atoms with van der Waals surface area (Å²) in [5, 5.41) is 15.2. The molecule has 3 N–H and O–H groups in total. The molecule has 3 aromatic rings. The molecule has 2 aromatic carbocycles. The number of phenolic OH excluding ortho intramolecular Hbond substituents is 1. The van der Waals surface area contributed by atoms with Crippen LogP contribution in [0.15, 0.2) is 42.5 Å². The van der Waals surface area contributed by atoms with Crippen LogP contribution in [0.3, 0.4) is 0 Å². The van der Waals surface area contributed by atoms with Gasteiger partial charge in [-0.15, -0.1) is 0 Å². The topological polar surface area (TPSA) is 88.7 Å². The van der Waals surface area contributed by atoms with Gasteiger partial charge in [-0.05, 0) is 82.1 Å². The highest BCUT2D eigenvalue weighted by atomic mass is 35.5. The van der Waals surface area contributed by atoms with Gasteiger partial charge in [-0.25, -0.2) is 4.79 Å². The standard InChI is InChI=1S/C27H31ClN4O3/c1-26(2,3)29-11-6-12-31-24(34)27(4)15-20-19-14-17(28)9-10-21(19)30-22(20)23(32(27)25(31)35)16-7-5-8-18(33)13-16/h5,7-10,13-14,23,29-30,33H,6,11-12,15H2,1-4H3/t23-,27+/m1/s1. The summed E-state index contributed by atoms with van der Waals surface area (Å²) in [4.78, 5) is 34.2. The zero-order valence-corrected chi connectivity index (χ0v) is 21.2. The molecule has 2 atom stereocenters. The Bertz CT molecular complexity index is 1330. The molecule has 2 aliphatic heterocycles. The number of H-pyrrole nitrogens is 1. The van der Waals surface area contributed by atoms with Crippen LogP contribution in [0.1, 0.15) is 57.0 Å². The Morgan fingerprint density at radius 2 is 1.97 bits per heavy atom. The van der Waals surface area contributed by atoms with E-state index in [-0.39, 0.29) is 23.2 Å². The molecule has 0 bridgehead atoms. The summed E-state index contributed by atoms with van der Waals surface area (Å²) in [6.07, 6.45) is 1.05. The molecule has 3 amide bonds. The number of amides is 3. The van der Waals surface area contributed by atoms with Crippen molar-refractivity contribution in [3.05, 3.63) is 64.3 Å². The highest BCUT2D eigenvalue weighted by Crippen LogP contribution is 2.49. The number of rotatable bonds is 5. The molecule has 5 rings (SSSR count). The maximum atomic E-state index is 13.8. The average Bonchev–Trinajstić information content (AvgIpc) is 3.21. The van der Waals surface area contributed by atoms with E-state index in [1.165, 1.54) is 4.90 Å². The molecule has 7 nitrogen and oxygen atoms in total. The number of aromatic nitrogens is 1. The predicted octanol–water partition coefficient (Wildman–Crippen LogP) is 4.97. The Morgan fingerprint density at radius 3 is 2.69 bits per heavy atom. The minimum atomic E-state index is -1.05. The van der Waals surface area contributed by atoms with E-state index in [0.717, 1.165) is 27.7 Å². The highest BCUT2D eigenvalue weighted by molar-refractivity contribution is 6.31. The lowest BCUT2D eigenvalue weighted by Gasteiger charge is -2.42. The van der Waals surface area contributed by atoms with Crippen LogP contribution in [0, 0.1) is 0 Å². The van der Waals surface area contributed by atoms with Crippen molar-refractivity contribution >= 4 is 34.4 Å². The summed E-state index contributed by atoms with van der Waals surface area (Å²) in [6, 6.07) is 11.7. The van der Waals surface area contributed by atoms with Crippen LogP contribution in [-0.4, -0.2) is 56.0 Å². The predicted molar refractivity (Wildman–Crippen MR) is 137 cm³/mol. The minimum absolute atomic E-state index is 0.0338. The zero-order valence-electron chi connectivity index (χ0n) is 20.5. The van der Waals surface area contributed by atoms with Gasteiger partial charge in [0.2, 0.25) is 0 Å². The van der Waals surface area contributed by atoms with E-state index < -0.39 is 11.6 Å². The third-order valence-corrected chi connectivity index (χ3v) is 7.26. The number of carbonyl (C=O) groups is 2. The van der Waals surface area contributed by atoms with Crippen LogP contribution in [0.5, 0.6) is 5.75 Å². The summed E-state index contributed by atoms with van der Waals surface area (Å²) < 4.78 is 0. The first kappa shape index (κ1) is 23.7. The maximum absolute atomic E-state index is 13.8. The van der Waals surface area contributed by atoms with E-state index in [1.807, 2.05) is 31.2 Å². The minimum Gasteiger partial charge on any atom is -0.508 e. The molecule has 0 aliphatic carbocycles. The molecule has 0 saturated carbocycles. The lowest BCUT2D eigenvalue weighted by Crippen LogP contribution is -2.53. The zero-order chi connectivity index (χ0) is 25.1. The third kappa shape index (κ3) is 3.96. The van der Waals surface area contributed by atoms with Gasteiger partial charge in [-0.2, -0.15) is 0 Å². The summed E-state index contributed by atoms with van der Waals surface area (Å²) >= 11 is 6.32. The fraction of sp³-hybridized carbons (Fsp3) is 0.407. The second kappa shape index (κ2) is 8.28. The van der Waals surface area contributed by atoms with E-state index in [2.05, 4.69) is 31.1 Å². The van der Waals surface area contributed by atoms with Crippen LogP contribution < -0.4 is 5.32 Å². The quantitative estimate of drug-likeness (QED) is 0.345. The van der Waals surface area contributed by atoms with E-state index in [9.17, 15) is 14.7 Å². The number of urea groups is 1.